The van der Waals surface area contributed by atoms with Gasteiger partial charge in [0.2, 0.25) is 0 Å². The number of pyridine rings is 1. The first kappa shape index (κ1) is 26.0. The Bertz CT molecular complexity index is 1150. The molecule has 3 rings (SSSR count). The standard InChI is InChI=1S/C26H27F3N2O4/c1-16(2)33-17(3)14-20-8-13-24(18(4)30-20)25(32)31-19-6-5-7-23(15-19)34-21-9-11-22(12-10-21)35-26(27,28)29/h5-13,15-17H,14H2,1-4H3,(H,31,32). The van der Waals surface area contributed by atoms with E-state index in [1.54, 1.807) is 37.3 Å². The zero-order valence-electron chi connectivity index (χ0n) is 19.8. The van der Waals surface area contributed by atoms with Crippen molar-refractivity contribution in [3.05, 3.63) is 77.6 Å². The normalized spacial score (nSPS) is 12.3. The van der Waals surface area contributed by atoms with E-state index in [2.05, 4.69) is 15.0 Å². The molecule has 1 unspecified atom stereocenters. The molecule has 0 spiro atoms. The largest absolute Gasteiger partial charge is 0.573 e. The summed E-state index contributed by atoms with van der Waals surface area (Å²) in [6.45, 7) is 7.72. The van der Waals surface area contributed by atoms with E-state index in [-0.39, 0.29) is 23.9 Å². The minimum absolute atomic E-state index is 0.0117. The molecule has 35 heavy (non-hydrogen) atoms. The summed E-state index contributed by atoms with van der Waals surface area (Å²) in [6.07, 6.45) is -3.98. The maximum Gasteiger partial charge on any atom is 0.573 e. The van der Waals surface area contributed by atoms with Crippen molar-refractivity contribution in [3.8, 4) is 17.2 Å². The van der Waals surface area contributed by atoms with Crippen LogP contribution in [0.1, 0.15) is 42.5 Å². The van der Waals surface area contributed by atoms with Crippen LogP contribution < -0.4 is 14.8 Å². The zero-order chi connectivity index (χ0) is 25.6. The van der Waals surface area contributed by atoms with Gasteiger partial charge in [0.25, 0.3) is 5.91 Å². The molecule has 0 bridgehead atoms. The van der Waals surface area contributed by atoms with E-state index in [4.69, 9.17) is 9.47 Å². The molecule has 0 aliphatic heterocycles. The number of amides is 1. The molecule has 1 heterocycles. The molecular formula is C26H27F3N2O4. The van der Waals surface area contributed by atoms with Crippen molar-refractivity contribution in [2.75, 3.05) is 5.32 Å². The molecule has 0 aliphatic carbocycles. The van der Waals surface area contributed by atoms with E-state index in [1.165, 1.54) is 12.1 Å². The fraction of sp³-hybridized carbons (Fsp3) is 0.308. The third-order valence-electron chi connectivity index (χ3n) is 4.77. The molecule has 0 fully saturated rings. The van der Waals surface area contributed by atoms with Crippen molar-refractivity contribution in [2.24, 2.45) is 0 Å². The summed E-state index contributed by atoms with van der Waals surface area (Å²) in [7, 11) is 0. The van der Waals surface area contributed by atoms with Gasteiger partial charge in [0, 0.05) is 23.9 Å². The van der Waals surface area contributed by atoms with E-state index < -0.39 is 6.36 Å². The Kier molecular flexibility index (Phi) is 8.34. The molecule has 1 aromatic heterocycles. The Balaban J connectivity index is 1.63. The number of aromatic nitrogens is 1. The molecule has 0 radical (unpaired) electrons. The van der Waals surface area contributed by atoms with Crippen molar-refractivity contribution < 1.29 is 32.2 Å². The van der Waals surface area contributed by atoms with E-state index >= 15 is 0 Å². The van der Waals surface area contributed by atoms with Crippen molar-refractivity contribution in [3.63, 3.8) is 0 Å². The van der Waals surface area contributed by atoms with Crippen molar-refractivity contribution in [1.82, 2.24) is 4.98 Å². The average Bonchev–Trinajstić information content (AvgIpc) is 2.74. The minimum Gasteiger partial charge on any atom is -0.457 e. The molecule has 0 saturated heterocycles. The second kappa shape index (κ2) is 11.2. The van der Waals surface area contributed by atoms with Crippen molar-refractivity contribution in [2.45, 2.75) is 52.7 Å². The van der Waals surface area contributed by atoms with Gasteiger partial charge in [-0.1, -0.05) is 6.07 Å². The fourth-order valence-electron chi connectivity index (χ4n) is 3.46. The molecule has 1 N–H and O–H groups in total. The van der Waals surface area contributed by atoms with Gasteiger partial charge in [-0.2, -0.15) is 0 Å². The topological polar surface area (TPSA) is 69.7 Å². The first-order valence-corrected chi connectivity index (χ1v) is 11.1. The van der Waals surface area contributed by atoms with Gasteiger partial charge in [-0.3, -0.25) is 9.78 Å². The molecule has 186 valence electrons. The van der Waals surface area contributed by atoms with Crippen LogP contribution >= 0.6 is 0 Å². The average molecular weight is 489 g/mol. The summed E-state index contributed by atoms with van der Waals surface area (Å²) in [5.41, 5.74) is 2.38. The number of hydrogen-bond acceptors (Lipinski definition) is 5. The van der Waals surface area contributed by atoms with Crippen LogP contribution in [0.4, 0.5) is 18.9 Å². The van der Waals surface area contributed by atoms with Gasteiger partial charge in [0.15, 0.2) is 0 Å². The van der Waals surface area contributed by atoms with Gasteiger partial charge in [0.1, 0.15) is 17.2 Å². The summed E-state index contributed by atoms with van der Waals surface area (Å²) in [5.74, 6) is 0.0486. The number of alkyl halides is 3. The monoisotopic (exact) mass is 488 g/mol. The quantitative estimate of drug-likeness (QED) is 0.363. The SMILES string of the molecule is Cc1nc(CC(C)OC(C)C)ccc1C(=O)Nc1cccc(Oc2ccc(OC(F)(F)F)cc2)c1. The fourth-order valence-corrected chi connectivity index (χ4v) is 3.46. The van der Waals surface area contributed by atoms with Crippen LogP contribution in [-0.4, -0.2) is 29.5 Å². The maximum atomic E-state index is 12.8. The van der Waals surface area contributed by atoms with Gasteiger partial charge in [-0.05, 0) is 76.2 Å². The van der Waals surface area contributed by atoms with Gasteiger partial charge in [0.05, 0.1) is 23.5 Å². The van der Waals surface area contributed by atoms with Crippen LogP contribution in [0.2, 0.25) is 0 Å². The number of carbonyl (C=O) groups excluding carboxylic acids is 1. The molecule has 6 nitrogen and oxygen atoms in total. The lowest BCUT2D eigenvalue weighted by molar-refractivity contribution is -0.274. The van der Waals surface area contributed by atoms with Gasteiger partial charge in [-0.25, -0.2) is 0 Å². The summed E-state index contributed by atoms with van der Waals surface area (Å²) >= 11 is 0. The van der Waals surface area contributed by atoms with Crippen LogP contribution in [0.5, 0.6) is 17.2 Å². The summed E-state index contributed by atoms with van der Waals surface area (Å²) in [4.78, 5) is 17.4. The van der Waals surface area contributed by atoms with Crippen LogP contribution in [0.3, 0.4) is 0 Å². The highest BCUT2D eigenvalue weighted by Gasteiger charge is 2.31. The van der Waals surface area contributed by atoms with Gasteiger partial charge < -0.3 is 19.5 Å². The Morgan fingerprint density at radius 3 is 2.29 bits per heavy atom. The molecule has 1 amide bonds. The Morgan fingerprint density at radius 1 is 0.971 bits per heavy atom. The summed E-state index contributed by atoms with van der Waals surface area (Å²) in [6, 6.07) is 15.2. The molecule has 0 saturated carbocycles. The van der Waals surface area contributed by atoms with Crippen LogP contribution in [0.15, 0.2) is 60.7 Å². The van der Waals surface area contributed by atoms with Gasteiger partial charge >= 0.3 is 6.36 Å². The lowest BCUT2D eigenvalue weighted by Gasteiger charge is -2.16. The number of ether oxygens (including phenoxy) is 3. The first-order chi connectivity index (χ1) is 16.5. The van der Waals surface area contributed by atoms with Crippen molar-refractivity contribution in [1.29, 1.82) is 0 Å². The highest BCUT2D eigenvalue weighted by atomic mass is 19.4. The minimum atomic E-state index is -4.76. The molecule has 1 atom stereocenters. The van der Waals surface area contributed by atoms with E-state index in [1.807, 2.05) is 26.8 Å². The number of rotatable bonds is 9. The molecule has 9 heteroatoms. The zero-order valence-corrected chi connectivity index (χ0v) is 19.8. The highest BCUT2D eigenvalue weighted by molar-refractivity contribution is 6.05. The molecule has 2 aromatic carbocycles. The van der Waals surface area contributed by atoms with E-state index in [0.717, 1.165) is 17.8 Å². The Morgan fingerprint density at radius 2 is 1.66 bits per heavy atom. The third-order valence-corrected chi connectivity index (χ3v) is 4.77. The van der Waals surface area contributed by atoms with E-state index in [9.17, 15) is 18.0 Å². The Labute approximate surface area is 202 Å². The number of anilines is 1. The van der Waals surface area contributed by atoms with Crippen LogP contribution in [-0.2, 0) is 11.2 Å². The summed E-state index contributed by atoms with van der Waals surface area (Å²) in [5, 5.41) is 2.82. The maximum absolute atomic E-state index is 12.8. The molecular weight excluding hydrogens is 461 g/mol. The van der Waals surface area contributed by atoms with E-state index in [0.29, 0.717) is 34.9 Å². The second-order valence-corrected chi connectivity index (χ2v) is 8.24. The summed E-state index contributed by atoms with van der Waals surface area (Å²) < 4.78 is 52.2. The molecule has 3 aromatic rings. The second-order valence-electron chi connectivity index (χ2n) is 8.24. The third kappa shape index (κ3) is 8.29. The number of nitrogens with one attached hydrogen (secondary N) is 1. The lowest BCUT2D eigenvalue weighted by Crippen LogP contribution is -2.18. The van der Waals surface area contributed by atoms with Crippen LogP contribution in [0, 0.1) is 6.92 Å². The number of halogens is 3. The smallest absolute Gasteiger partial charge is 0.457 e. The van der Waals surface area contributed by atoms with Gasteiger partial charge in [-0.15, -0.1) is 13.2 Å². The number of benzene rings is 2. The van der Waals surface area contributed by atoms with Crippen molar-refractivity contribution >= 4 is 11.6 Å². The Hall–Kier alpha value is -3.59. The predicted octanol–water partition coefficient (Wildman–Crippen LogP) is 6.69. The number of aryl methyl sites for hydroxylation is 1. The molecule has 0 aliphatic rings. The lowest BCUT2D eigenvalue weighted by atomic mass is 10.1. The first-order valence-electron chi connectivity index (χ1n) is 11.1. The number of hydrogen-bond donors (Lipinski definition) is 1. The van der Waals surface area contributed by atoms with Crippen LogP contribution in [0.25, 0.3) is 0 Å². The number of carbonyl (C=O) groups is 1. The highest BCUT2D eigenvalue weighted by Crippen LogP contribution is 2.28. The predicted molar refractivity (Wildman–Crippen MR) is 126 cm³/mol. The number of nitrogens with zero attached hydrogens (tertiary/aromatic N) is 1.